The molecule has 0 heteroatoms. The highest BCUT2D eigenvalue weighted by Crippen LogP contribution is 2.07. The molecule has 0 aliphatic rings. The fourth-order valence-electron chi connectivity index (χ4n) is 2.09. The van der Waals surface area contributed by atoms with Crippen LogP contribution in [0, 0.1) is 11.8 Å². The van der Waals surface area contributed by atoms with Crippen molar-refractivity contribution in [2.75, 3.05) is 0 Å². The molecule has 3 aromatic rings. The van der Waals surface area contributed by atoms with Crippen LogP contribution in [0.25, 0.3) is 0 Å². The van der Waals surface area contributed by atoms with Crippen LogP contribution >= 0.6 is 0 Å². The summed E-state index contributed by atoms with van der Waals surface area (Å²) >= 11 is 0. The average Bonchev–Trinajstić information content (AvgIpc) is 2.74. The lowest BCUT2D eigenvalue weighted by molar-refractivity contribution is 1.19. The van der Waals surface area contributed by atoms with Gasteiger partial charge in [0.2, 0.25) is 0 Å². The molecular weight excluding hydrogens is 312 g/mol. The fraction of sp³-hybridized carbons (Fsp3) is 0.231. The second-order valence-corrected chi connectivity index (χ2v) is 4.89. The first-order valence-corrected chi connectivity index (χ1v) is 9.44. The molecule has 0 radical (unpaired) electrons. The van der Waals surface area contributed by atoms with Gasteiger partial charge < -0.3 is 0 Å². The van der Waals surface area contributed by atoms with Gasteiger partial charge in [-0.1, -0.05) is 112 Å². The normalized spacial score (nSPS) is 8.04. The minimum absolute atomic E-state index is 1.03. The summed E-state index contributed by atoms with van der Waals surface area (Å²) in [6, 6.07) is 31.0. The monoisotopic (exact) mass is 344 g/mol. The van der Waals surface area contributed by atoms with Gasteiger partial charge in [-0.25, -0.2) is 0 Å². The first kappa shape index (κ1) is 23.2. The first-order chi connectivity index (χ1) is 12.9. The van der Waals surface area contributed by atoms with Gasteiger partial charge >= 0.3 is 0 Å². The molecule has 0 atom stereocenters. The Balaban J connectivity index is 0.000000422. The summed E-state index contributed by atoms with van der Waals surface area (Å²) in [5, 5.41) is 0. The molecule has 0 amide bonds. The third-order valence-corrected chi connectivity index (χ3v) is 3.14. The topological polar surface area (TPSA) is 0 Å². The van der Waals surface area contributed by atoms with E-state index in [0.717, 1.165) is 12.0 Å². The smallest absolute Gasteiger partial charge is 0.0245 e. The zero-order valence-electron chi connectivity index (χ0n) is 16.9. The van der Waals surface area contributed by atoms with E-state index >= 15 is 0 Å². The van der Waals surface area contributed by atoms with E-state index in [1.165, 1.54) is 11.1 Å². The fourth-order valence-corrected chi connectivity index (χ4v) is 2.09. The van der Waals surface area contributed by atoms with Gasteiger partial charge in [0.1, 0.15) is 0 Å². The van der Waals surface area contributed by atoms with Crippen molar-refractivity contribution in [2.45, 2.75) is 41.0 Å². The molecule has 0 spiro atoms. The molecule has 0 unspecified atom stereocenters. The van der Waals surface area contributed by atoms with Crippen molar-refractivity contribution in [1.29, 1.82) is 0 Å². The number of hydrogen-bond acceptors (Lipinski definition) is 0. The third-order valence-electron chi connectivity index (χ3n) is 3.14. The maximum absolute atomic E-state index is 2.96. The van der Waals surface area contributed by atoms with Gasteiger partial charge in [-0.05, 0) is 36.6 Å². The van der Waals surface area contributed by atoms with Gasteiger partial charge in [0, 0.05) is 5.56 Å². The molecule has 0 saturated carbocycles. The molecule has 0 aliphatic heterocycles. The van der Waals surface area contributed by atoms with Crippen LogP contribution in [0.5, 0.6) is 0 Å². The Hall–Kier alpha value is -2.78. The largest absolute Gasteiger partial charge is 0.101 e. The standard InChI is InChI=1S/C13H12.C9H8.2C2H6/c1-3-7-12(8-4-1)11-13-9-5-2-6-10-13;1-2-6-9-7-4-3-5-8-9;2*1-2/h1-10H,11H2;3-5,7-8H,1H3;2*1-2H3. The summed E-state index contributed by atoms with van der Waals surface area (Å²) in [5.74, 6) is 5.79. The second-order valence-electron chi connectivity index (χ2n) is 4.89. The van der Waals surface area contributed by atoms with Gasteiger partial charge in [-0.3, -0.25) is 0 Å². The van der Waals surface area contributed by atoms with Crippen LogP contribution in [-0.4, -0.2) is 0 Å². The Morgan fingerprint density at radius 3 is 1.23 bits per heavy atom. The van der Waals surface area contributed by atoms with Crippen molar-refractivity contribution >= 4 is 0 Å². The summed E-state index contributed by atoms with van der Waals surface area (Å²) in [7, 11) is 0. The van der Waals surface area contributed by atoms with Crippen molar-refractivity contribution in [3.8, 4) is 11.8 Å². The Morgan fingerprint density at radius 1 is 0.538 bits per heavy atom. The molecule has 0 aromatic heterocycles. The van der Waals surface area contributed by atoms with Crippen LogP contribution in [0.2, 0.25) is 0 Å². The molecule has 3 aromatic carbocycles. The van der Waals surface area contributed by atoms with Gasteiger partial charge in [-0.2, -0.15) is 0 Å². The molecule has 3 rings (SSSR count). The summed E-state index contributed by atoms with van der Waals surface area (Å²) in [4.78, 5) is 0. The molecular formula is C26H32. The molecule has 0 heterocycles. The molecule has 0 bridgehead atoms. The summed E-state index contributed by atoms with van der Waals surface area (Å²) in [6.45, 7) is 9.84. The van der Waals surface area contributed by atoms with E-state index in [9.17, 15) is 0 Å². The van der Waals surface area contributed by atoms with E-state index in [2.05, 4.69) is 72.5 Å². The number of benzene rings is 3. The van der Waals surface area contributed by atoms with Gasteiger partial charge in [0.15, 0.2) is 0 Å². The van der Waals surface area contributed by atoms with Gasteiger partial charge in [0.25, 0.3) is 0 Å². The maximum atomic E-state index is 2.96. The highest BCUT2D eigenvalue weighted by molar-refractivity contribution is 5.32. The van der Waals surface area contributed by atoms with E-state index in [4.69, 9.17) is 0 Å². The van der Waals surface area contributed by atoms with Crippen LogP contribution in [0.15, 0.2) is 91.0 Å². The number of rotatable bonds is 2. The Morgan fingerprint density at radius 2 is 0.885 bits per heavy atom. The highest BCUT2D eigenvalue weighted by atomic mass is 14.0. The van der Waals surface area contributed by atoms with E-state index in [-0.39, 0.29) is 0 Å². The summed E-state index contributed by atoms with van der Waals surface area (Å²) < 4.78 is 0. The Kier molecular flexibility index (Phi) is 15.2. The molecule has 0 N–H and O–H groups in total. The summed E-state index contributed by atoms with van der Waals surface area (Å²) in [6.07, 6.45) is 1.03. The second kappa shape index (κ2) is 17.1. The lowest BCUT2D eigenvalue weighted by Gasteiger charge is -2.00. The van der Waals surface area contributed by atoms with Crippen molar-refractivity contribution in [2.24, 2.45) is 0 Å². The zero-order chi connectivity index (χ0) is 19.5. The van der Waals surface area contributed by atoms with Crippen LogP contribution in [0.1, 0.15) is 51.3 Å². The van der Waals surface area contributed by atoms with Crippen molar-refractivity contribution in [1.82, 2.24) is 0 Å². The summed E-state index contributed by atoms with van der Waals surface area (Å²) in [5.41, 5.74) is 3.82. The van der Waals surface area contributed by atoms with Gasteiger partial charge in [0.05, 0.1) is 0 Å². The maximum Gasteiger partial charge on any atom is 0.0245 e. The zero-order valence-corrected chi connectivity index (χ0v) is 16.9. The lowest BCUT2D eigenvalue weighted by atomic mass is 10.1. The molecule has 26 heavy (non-hydrogen) atoms. The first-order valence-electron chi connectivity index (χ1n) is 9.44. The van der Waals surface area contributed by atoms with Crippen LogP contribution < -0.4 is 0 Å². The van der Waals surface area contributed by atoms with E-state index < -0.39 is 0 Å². The minimum Gasteiger partial charge on any atom is -0.101 e. The SMILES string of the molecule is CC.CC.CC#Cc1ccccc1.c1ccc(Cc2ccccc2)cc1. The van der Waals surface area contributed by atoms with E-state index in [1.807, 2.05) is 65.0 Å². The van der Waals surface area contributed by atoms with E-state index in [1.54, 1.807) is 0 Å². The molecule has 0 fully saturated rings. The van der Waals surface area contributed by atoms with Crippen molar-refractivity contribution < 1.29 is 0 Å². The Bertz CT molecular complexity index is 664. The number of hydrogen-bond donors (Lipinski definition) is 0. The lowest BCUT2D eigenvalue weighted by Crippen LogP contribution is -1.85. The van der Waals surface area contributed by atoms with Crippen LogP contribution in [0.3, 0.4) is 0 Å². The van der Waals surface area contributed by atoms with Crippen molar-refractivity contribution in [3.05, 3.63) is 108 Å². The predicted molar refractivity (Wildman–Crippen MR) is 117 cm³/mol. The van der Waals surface area contributed by atoms with Crippen LogP contribution in [0.4, 0.5) is 0 Å². The van der Waals surface area contributed by atoms with Crippen LogP contribution in [-0.2, 0) is 6.42 Å². The molecule has 136 valence electrons. The predicted octanol–water partition coefficient (Wildman–Crippen LogP) is 7.39. The quantitative estimate of drug-likeness (QED) is 0.425. The molecule has 0 aliphatic carbocycles. The third kappa shape index (κ3) is 10.9. The van der Waals surface area contributed by atoms with E-state index in [0.29, 0.717) is 0 Å². The Labute approximate surface area is 160 Å². The molecule has 0 nitrogen and oxygen atoms in total. The van der Waals surface area contributed by atoms with Crippen molar-refractivity contribution in [3.63, 3.8) is 0 Å². The van der Waals surface area contributed by atoms with Gasteiger partial charge in [-0.15, -0.1) is 5.92 Å². The minimum atomic E-state index is 1.03. The highest BCUT2D eigenvalue weighted by Gasteiger charge is 1.92. The molecule has 0 saturated heterocycles. The average molecular weight is 345 g/mol.